The number of hydrogen-bond donors (Lipinski definition) is 1. The largest absolute Gasteiger partial charge is 0.493 e. The van der Waals surface area contributed by atoms with E-state index in [4.69, 9.17) is 4.74 Å². The van der Waals surface area contributed by atoms with E-state index in [-0.39, 0.29) is 5.91 Å². The molecule has 0 unspecified atom stereocenters. The number of ether oxygens (including phenoxy) is 1. The number of rotatable bonds is 5. The fourth-order valence-corrected chi connectivity index (χ4v) is 3.71. The van der Waals surface area contributed by atoms with E-state index in [1.54, 1.807) is 17.2 Å². The molecule has 1 aromatic carbocycles. The van der Waals surface area contributed by atoms with E-state index in [1.165, 1.54) is 12.8 Å². The number of nitrogens with one attached hydrogen (secondary N) is 1. The highest BCUT2D eigenvalue weighted by Crippen LogP contribution is 2.27. The minimum atomic E-state index is -0.0484. The standard InChI is InChI=1S/C20H24N4O2/c1-2-24(19(25)15-7-8-17-14(13-15)10-12-26-17)18-9-11-21-20(23-18)22-16-5-3-4-6-16/h7-9,11,13,16H,2-6,10,12H2,1H3,(H,21,22,23). The molecule has 1 aromatic heterocycles. The van der Waals surface area contributed by atoms with Gasteiger partial charge in [-0.05, 0) is 49.6 Å². The summed E-state index contributed by atoms with van der Waals surface area (Å²) in [5.74, 6) is 2.06. The average molecular weight is 352 g/mol. The van der Waals surface area contributed by atoms with Gasteiger partial charge in [0.15, 0.2) is 0 Å². The Labute approximate surface area is 153 Å². The van der Waals surface area contributed by atoms with Crippen molar-refractivity contribution in [2.75, 3.05) is 23.4 Å². The van der Waals surface area contributed by atoms with Crippen LogP contribution in [0.25, 0.3) is 0 Å². The van der Waals surface area contributed by atoms with Gasteiger partial charge in [0.2, 0.25) is 5.95 Å². The lowest BCUT2D eigenvalue weighted by molar-refractivity contribution is 0.0987. The molecule has 1 aliphatic carbocycles. The highest BCUT2D eigenvalue weighted by Gasteiger charge is 2.21. The second-order valence-electron chi connectivity index (χ2n) is 6.83. The molecule has 2 aliphatic rings. The number of amides is 1. The third-order valence-corrected chi connectivity index (χ3v) is 5.10. The Morgan fingerprint density at radius 1 is 1.31 bits per heavy atom. The second kappa shape index (κ2) is 7.32. The molecule has 4 rings (SSSR count). The van der Waals surface area contributed by atoms with Gasteiger partial charge in [0, 0.05) is 30.8 Å². The topological polar surface area (TPSA) is 67.4 Å². The van der Waals surface area contributed by atoms with Crippen LogP contribution in [0, 0.1) is 0 Å². The third-order valence-electron chi connectivity index (χ3n) is 5.10. The van der Waals surface area contributed by atoms with Gasteiger partial charge in [-0.15, -0.1) is 0 Å². The third kappa shape index (κ3) is 3.36. The number of aromatic nitrogens is 2. The summed E-state index contributed by atoms with van der Waals surface area (Å²) in [5, 5.41) is 3.40. The zero-order valence-corrected chi connectivity index (χ0v) is 15.1. The molecule has 0 spiro atoms. The summed E-state index contributed by atoms with van der Waals surface area (Å²) < 4.78 is 5.53. The summed E-state index contributed by atoms with van der Waals surface area (Å²) in [6.07, 6.45) is 7.37. The molecule has 136 valence electrons. The summed E-state index contributed by atoms with van der Waals surface area (Å²) in [6, 6.07) is 7.88. The molecule has 0 saturated heterocycles. The zero-order chi connectivity index (χ0) is 17.9. The predicted octanol–water partition coefficient (Wildman–Crippen LogP) is 3.43. The fourth-order valence-electron chi connectivity index (χ4n) is 3.71. The second-order valence-corrected chi connectivity index (χ2v) is 6.83. The van der Waals surface area contributed by atoms with Crippen LogP contribution in [0.5, 0.6) is 5.75 Å². The molecule has 2 heterocycles. The van der Waals surface area contributed by atoms with Crippen molar-refractivity contribution in [2.24, 2.45) is 0 Å². The number of hydrogen-bond acceptors (Lipinski definition) is 5. The van der Waals surface area contributed by atoms with Gasteiger partial charge in [0.25, 0.3) is 5.91 Å². The van der Waals surface area contributed by atoms with Crippen LogP contribution in [0.15, 0.2) is 30.5 Å². The molecule has 1 N–H and O–H groups in total. The fraction of sp³-hybridized carbons (Fsp3) is 0.450. The minimum Gasteiger partial charge on any atom is -0.493 e. The van der Waals surface area contributed by atoms with Crippen LogP contribution < -0.4 is 15.0 Å². The Kier molecular flexibility index (Phi) is 4.73. The summed E-state index contributed by atoms with van der Waals surface area (Å²) in [7, 11) is 0. The maximum Gasteiger partial charge on any atom is 0.259 e. The number of fused-ring (bicyclic) bond motifs is 1. The smallest absolute Gasteiger partial charge is 0.259 e. The van der Waals surface area contributed by atoms with Crippen molar-refractivity contribution in [1.82, 2.24) is 9.97 Å². The highest BCUT2D eigenvalue weighted by molar-refractivity contribution is 6.05. The minimum absolute atomic E-state index is 0.0484. The van der Waals surface area contributed by atoms with E-state index < -0.39 is 0 Å². The van der Waals surface area contributed by atoms with Gasteiger partial charge in [-0.25, -0.2) is 4.98 Å². The van der Waals surface area contributed by atoms with E-state index in [0.717, 1.165) is 30.6 Å². The van der Waals surface area contributed by atoms with Gasteiger partial charge in [-0.3, -0.25) is 9.69 Å². The van der Waals surface area contributed by atoms with Gasteiger partial charge >= 0.3 is 0 Å². The summed E-state index contributed by atoms with van der Waals surface area (Å²) in [4.78, 5) is 23.6. The van der Waals surface area contributed by atoms with E-state index in [0.29, 0.717) is 36.5 Å². The monoisotopic (exact) mass is 352 g/mol. The van der Waals surface area contributed by atoms with Crippen LogP contribution in [0.1, 0.15) is 48.5 Å². The van der Waals surface area contributed by atoms with Crippen molar-refractivity contribution < 1.29 is 9.53 Å². The molecule has 0 radical (unpaired) electrons. The van der Waals surface area contributed by atoms with Crippen LogP contribution in [0.2, 0.25) is 0 Å². The van der Waals surface area contributed by atoms with Crippen LogP contribution >= 0.6 is 0 Å². The van der Waals surface area contributed by atoms with Gasteiger partial charge < -0.3 is 10.1 Å². The summed E-state index contributed by atoms with van der Waals surface area (Å²) in [6.45, 7) is 3.19. The number of carbonyl (C=O) groups excluding carboxylic acids is 1. The highest BCUT2D eigenvalue weighted by atomic mass is 16.5. The Hall–Kier alpha value is -2.63. The van der Waals surface area contributed by atoms with Crippen LogP contribution in [0.3, 0.4) is 0 Å². The Balaban J connectivity index is 1.55. The number of benzene rings is 1. The number of nitrogens with zero attached hydrogens (tertiary/aromatic N) is 3. The molecule has 26 heavy (non-hydrogen) atoms. The first-order valence-corrected chi connectivity index (χ1v) is 9.42. The molecule has 1 saturated carbocycles. The Morgan fingerprint density at radius 2 is 2.15 bits per heavy atom. The van der Waals surface area contributed by atoms with Crippen molar-refractivity contribution in [3.63, 3.8) is 0 Å². The van der Waals surface area contributed by atoms with E-state index in [2.05, 4.69) is 15.3 Å². The molecule has 1 fully saturated rings. The van der Waals surface area contributed by atoms with Gasteiger partial charge in [-0.2, -0.15) is 4.98 Å². The molecule has 1 amide bonds. The lowest BCUT2D eigenvalue weighted by atomic mass is 10.1. The summed E-state index contributed by atoms with van der Waals surface area (Å²) >= 11 is 0. The lowest BCUT2D eigenvalue weighted by Crippen LogP contribution is -2.32. The van der Waals surface area contributed by atoms with Crippen molar-refractivity contribution in [2.45, 2.75) is 45.1 Å². The van der Waals surface area contributed by atoms with Crippen molar-refractivity contribution >= 4 is 17.7 Å². The van der Waals surface area contributed by atoms with Crippen LogP contribution in [-0.4, -0.2) is 35.1 Å². The summed E-state index contributed by atoms with van der Waals surface area (Å²) in [5.41, 5.74) is 1.76. The van der Waals surface area contributed by atoms with Crippen molar-refractivity contribution in [1.29, 1.82) is 0 Å². The first-order chi connectivity index (χ1) is 12.7. The SMILES string of the molecule is CCN(C(=O)c1ccc2c(c1)CCO2)c1ccnc(NC2CCCC2)n1. The molecular formula is C20H24N4O2. The van der Waals surface area contributed by atoms with Crippen molar-refractivity contribution in [3.05, 3.63) is 41.6 Å². The quantitative estimate of drug-likeness (QED) is 0.893. The number of anilines is 2. The molecule has 6 nitrogen and oxygen atoms in total. The molecule has 6 heteroatoms. The molecule has 0 atom stereocenters. The van der Waals surface area contributed by atoms with E-state index in [1.807, 2.05) is 25.1 Å². The Bertz CT molecular complexity index is 802. The molecule has 0 bridgehead atoms. The normalized spacial score (nSPS) is 16.2. The van der Waals surface area contributed by atoms with Crippen molar-refractivity contribution in [3.8, 4) is 5.75 Å². The molecular weight excluding hydrogens is 328 g/mol. The lowest BCUT2D eigenvalue weighted by Gasteiger charge is -2.21. The average Bonchev–Trinajstić information content (AvgIpc) is 3.33. The maximum absolute atomic E-state index is 13.0. The van der Waals surface area contributed by atoms with E-state index in [9.17, 15) is 4.79 Å². The van der Waals surface area contributed by atoms with E-state index >= 15 is 0 Å². The van der Waals surface area contributed by atoms with Gasteiger partial charge in [-0.1, -0.05) is 12.8 Å². The maximum atomic E-state index is 13.0. The van der Waals surface area contributed by atoms with Gasteiger partial charge in [0.05, 0.1) is 6.61 Å². The molecule has 2 aromatic rings. The first-order valence-electron chi connectivity index (χ1n) is 9.42. The predicted molar refractivity (Wildman–Crippen MR) is 101 cm³/mol. The first kappa shape index (κ1) is 16.8. The van der Waals surface area contributed by atoms with Crippen LogP contribution in [0.4, 0.5) is 11.8 Å². The Morgan fingerprint density at radius 3 is 2.96 bits per heavy atom. The molecule has 1 aliphatic heterocycles. The number of carbonyl (C=O) groups is 1. The zero-order valence-electron chi connectivity index (χ0n) is 15.1. The van der Waals surface area contributed by atoms with Gasteiger partial charge in [0.1, 0.15) is 11.6 Å². The van der Waals surface area contributed by atoms with Crippen LogP contribution in [-0.2, 0) is 6.42 Å².